The van der Waals surface area contributed by atoms with Gasteiger partial charge in [-0.05, 0) is 34.1 Å². The third kappa shape index (κ3) is 3.65. The number of carbonyl (C=O) groups excluding carboxylic acids is 2. The normalized spacial score (nSPS) is 14.3. The SMILES string of the molecule is COC(=O)C1=C(Nc2ccc(OC)c(Br)c2)C(=O)N(CCO)C1. The number of methoxy groups -OCH3 is 2. The van der Waals surface area contributed by atoms with E-state index in [1.54, 1.807) is 25.3 Å². The quantitative estimate of drug-likeness (QED) is 0.714. The van der Waals surface area contributed by atoms with Gasteiger partial charge < -0.3 is 24.8 Å². The van der Waals surface area contributed by atoms with E-state index in [2.05, 4.69) is 21.2 Å². The number of aliphatic hydroxyl groups is 1. The van der Waals surface area contributed by atoms with E-state index in [1.165, 1.54) is 12.0 Å². The van der Waals surface area contributed by atoms with Gasteiger partial charge in [-0.25, -0.2) is 4.79 Å². The highest BCUT2D eigenvalue weighted by molar-refractivity contribution is 9.10. The van der Waals surface area contributed by atoms with Crippen molar-refractivity contribution in [3.63, 3.8) is 0 Å². The zero-order valence-corrected chi connectivity index (χ0v) is 14.3. The Balaban J connectivity index is 2.31. The molecular formula is C15H17BrN2O5. The maximum Gasteiger partial charge on any atom is 0.337 e. The predicted molar refractivity (Wildman–Crippen MR) is 87.0 cm³/mol. The van der Waals surface area contributed by atoms with Gasteiger partial charge in [0.25, 0.3) is 5.91 Å². The number of β-amino-alcohol motifs (C(OH)–C–C–N with tert-alkyl or cyclic N) is 1. The Morgan fingerprint density at radius 1 is 1.43 bits per heavy atom. The van der Waals surface area contributed by atoms with Crippen LogP contribution in [0.1, 0.15) is 0 Å². The van der Waals surface area contributed by atoms with Crippen molar-refractivity contribution in [1.82, 2.24) is 4.90 Å². The number of anilines is 1. The van der Waals surface area contributed by atoms with E-state index in [1.807, 2.05) is 0 Å². The van der Waals surface area contributed by atoms with E-state index in [-0.39, 0.29) is 36.9 Å². The molecule has 7 nitrogen and oxygen atoms in total. The lowest BCUT2D eigenvalue weighted by Gasteiger charge is -2.15. The molecule has 124 valence electrons. The molecule has 1 aliphatic heterocycles. The molecule has 1 aromatic carbocycles. The number of aliphatic hydroxyl groups excluding tert-OH is 1. The number of halogens is 1. The van der Waals surface area contributed by atoms with Gasteiger partial charge in [0.05, 0.1) is 37.4 Å². The zero-order valence-electron chi connectivity index (χ0n) is 12.8. The lowest BCUT2D eigenvalue weighted by atomic mass is 10.2. The van der Waals surface area contributed by atoms with Gasteiger partial charge in [-0.15, -0.1) is 0 Å². The lowest BCUT2D eigenvalue weighted by molar-refractivity contribution is -0.136. The van der Waals surface area contributed by atoms with Crippen molar-refractivity contribution >= 4 is 33.5 Å². The summed E-state index contributed by atoms with van der Waals surface area (Å²) in [6, 6.07) is 5.20. The average molecular weight is 385 g/mol. The number of amides is 1. The van der Waals surface area contributed by atoms with E-state index >= 15 is 0 Å². The van der Waals surface area contributed by atoms with Crippen LogP contribution >= 0.6 is 15.9 Å². The van der Waals surface area contributed by atoms with Crippen molar-refractivity contribution < 1.29 is 24.2 Å². The van der Waals surface area contributed by atoms with Gasteiger partial charge in [0, 0.05) is 12.2 Å². The summed E-state index contributed by atoms with van der Waals surface area (Å²) in [5.74, 6) is -0.280. The third-order valence-corrected chi connectivity index (χ3v) is 3.99. The molecule has 0 aliphatic carbocycles. The molecule has 0 radical (unpaired) electrons. The van der Waals surface area contributed by atoms with E-state index in [9.17, 15) is 9.59 Å². The standard InChI is InChI=1S/C15H17BrN2O5/c1-22-12-4-3-9(7-11(12)16)17-13-10(15(21)23-2)8-18(5-6-19)14(13)20/h3-4,7,17,19H,5-6,8H2,1-2H3. The minimum Gasteiger partial charge on any atom is -0.496 e. The summed E-state index contributed by atoms with van der Waals surface area (Å²) in [5, 5.41) is 12.0. The third-order valence-electron chi connectivity index (χ3n) is 3.37. The van der Waals surface area contributed by atoms with E-state index in [0.717, 1.165) is 0 Å². The summed E-state index contributed by atoms with van der Waals surface area (Å²) in [6.07, 6.45) is 0. The van der Waals surface area contributed by atoms with Crippen molar-refractivity contribution in [3.05, 3.63) is 33.9 Å². The minimum absolute atomic E-state index is 0.103. The molecule has 0 atom stereocenters. The average Bonchev–Trinajstić information content (AvgIpc) is 2.84. The van der Waals surface area contributed by atoms with Crippen molar-refractivity contribution in [2.24, 2.45) is 0 Å². The first-order valence-corrected chi connectivity index (χ1v) is 7.63. The van der Waals surface area contributed by atoms with Crippen LogP contribution in [0.3, 0.4) is 0 Å². The molecule has 0 unspecified atom stereocenters. The molecule has 2 rings (SSSR count). The van der Waals surface area contributed by atoms with Gasteiger partial charge in [-0.1, -0.05) is 0 Å². The van der Waals surface area contributed by atoms with Crippen LogP contribution in [-0.4, -0.2) is 55.8 Å². The maximum atomic E-state index is 12.4. The molecular weight excluding hydrogens is 368 g/mol. The van der Waals surface area contributed by atoms with Crippen molar-refractivity contribution in [1.29, 1.82) is 0 Å². The summed E-state index contributed by atoms with van der Waals surface area (Å²) in [4.78, 5) is 25.7. The molecule has 8 heteroatoms. The Morgan fingerprint density at radius 2 is 2.17 bits per heavy atom. The summed E-state index contributed by atoms with van der Waals surface area (Å²) in [6.45, 7) is 0.0735. The molecule has 0 fully saturated rings. The van der Waals surface area contributed by atoms with E-state index in [4.69, 9.17) is 14.6 Å². The fourth-order valence-corrected chi connectivity index (χ4v) is 2.78. The zero-order chi connectivity index (χ0) is 17.0. The number of rotatable bonds is 6. The molecule has 1 aliphatic rings. The fraction of sp³-hybridized carbons (Fsp3) is 0.333. The van der Waals surface area contributed by atoms with Crippen LogP contribution in [0, 0.1) is 0 Å². The van der Waals surface area contributed by atoms with Crippen molar-refractivity contribution in [2.45, 2.75) is 0 Å². The Hall–Kier alpha value is -2.06. The van der Waals surface area contributed by atoms with Crippen LogP contribution < -0.4 is 10.1 Å². The monoisotopic (exact) mass is 384 g/mol. The Morgan fingerprint density at radius 3 is 2.74 bits per heavy atom. The first-order chi connectivity index (χ1) is 11.0. The fourth-order valence-electron chi connectivity index (χ4n) is 2.24. The second-order valence-corrected chi connectivity index (χ2v) is 5.62. The summed E-state index contributed by atoms with van der Waals surface area (Å²) >= 11 is 3.37. The summed E-state index contributed by atoms with van der Waals surface area (Å²) < 4.78 is 10.6. The second kappa shape index (κ2) is 7.47. The molecule has 0 saturated carbocycles. The maximum absolute atomic E-state index is 12.4. The van der Waals surface area contributed by atoms with Crippen LogP contribution in [0.2, 0.25) is 0 Å². The number of ether oxygens (including phenoxy) is 2. The molecule has 0 bridgehead atoms. The van der Waals surface area contributed by atoms with Crippen LogP contribution in [0.25, 0.3) is 0 Å². The Kier molecular flexibility index (Phi) is 5.62. The number of carbonyl (C=O) groups is 2. The van der Waals surface area contributed by atoms with Gasteiger partial charge >= 0.3 is 5.97 Å². The summed E-state index contributed by atoms with van der Waals surface area (Å²) in [5.41, 5.74) is 1.01. The number of esters is 1. The van der Waals surface area contributed by atoms with Crippen molar-refractivity contribution in [2.75, 3.05) is 39.2 Å². The molecule has 23 heavy (non-hydrogen) atoms. The molecule has 2 N–H and O–H groups in total. The first kappa shape index (κ1) is 17.3. The van der Waals surface area contributed by atoms with E-state index in [0.29, 0.717) is 15.9 Å². The van der Waals surface area contributed by atoms with Gasteiger partial charge in [-0.2, -0.15) is 0 Å². The van der Waals surface area contributed by atoms with Crippen molar-refractivity contribution in [3.8, 4) is 5.75 Å². The molecule has 0 saturated heterocycles. The molecule has 0 spiro atoms. The predicted octanol–water partition coefficient (Wildman–Crippen LogP) is 1.13. The largest absolute Gasteiger partial charge is 0.496 e. The van der Waals surface area contributed by atoms with Crippen LogP contribution in [0.15, 0.2) is 33.9 Å². The van der Waals surface area contributed by atoms with Gasteiger partial charge in [0.15, 0.2) is 0 Å². The number of benzene rings is 1. The van der Waals surface area contributed by atoms with Gasteiger partial charge in [0.1, 0.15) is 11.4 Å². The highest BCUT2D eigenvalue weighted by Gasteiger charge is 2.34. The Labute approximate surface area is 142 Å². The van der Waals surface area contributed by atoms with Crippen LogP contribution in [-0.2, 0) is 14.3 Å². The molecule has 1 aromatic rings. The van der Waals surface area contributed by atoms with Crippen LogP contribution in [0.5, 0.6) is 5.75 Å². The number of nitrogens with zero attached hydrogens (tertiary/aromatic N) is 1. The van der Waals surface area contributed by atoms with Gasteiger partial charge in [0.2, 0.25) is 0 Å². The number of hydrogen-bond donors (Lipinski definition) is 2. The summed E-state index contributed by atoms with van der Waals surface area (Å²) in [7, 11) is 2.81. The first-order valence-electron chi connectivity index (χ1n) is 6.84. The smallest absolute Gasteiger partial charge is 0.337 e. The Bertz CT molecular complexity index is 659. The highest BCUT2D eigenvalue weighted by atomic mass is 79.9. The molecule has 0 aromatic heterocycles. The number of nitrogens with one attached hydrogen (secondary N) is 1. The van der Waals surface area contributed by atoms with Crippen LogP contribution in [0.4, 0.5) is 5.69 Å². The number of hydrogen-bond acceptors (Lipinski definition) is 6. The highest BCUT2D eigenvalue weighted by Crippen LogP contribution is 2.30. The lowest BCUT2D eigenvalue weighted by Crippen LogP contribution is -2.31. The topological polar surface area (TPSA) is 88.1 Å². The van der Waals surface area contributed by atoms with Gasteiger partial charge in [-0.3, -0.25) is 4.79 Å². The minimum atomic E-state index is -0.575. The van der Waals surface area contributed by atoms with E-state index < -0.39 is 5.97 Å². The molecule has 1 heterocycles. The molecule has 1 amide bonds. The second-order valence-electron chi connectivity index (χ2n) is 4.77.